The van der Waals surface area contributed by atoms with Gasteiger partial charge in [0.05, 0.1) is 64.2 Å². The van der Waals surface area contributed by atoms with Gasteiger partial charge in [-0.25, -0.2) is 23.9 Å². The quantitative estimate of drug-likeness (QED) is 0.452. The first-order valence-electron chi connectivity index (χ1n) is 18.7. The molecule has 1 N–H and O–H groups in total. The van der Waals surface area contributed by atoms with E-state index in [2.05, 4.69) is 29.7 Å². The maximum atomic E-state index is 12.7. The Kier molecular flexibility index (Phi) is 13.5. The van der Waals surface area contributed by atoms with Crippen LogP contribution in [0, 0.1) is 5.82 Å². The molecule has 286 valence electrons. The second-order valence-corrected chi connectivity index (χ2v) is 14.6. The molecule has 4 saturated heterocycles. The van der Waals surface area contributed by atoms with E-state index >= 15 is 0 Å². The maximum absolute atomic E-state index is 12.7. The third-order valence-electron chi connectivity index (χ3n) is 10.7. The van der Waals surface area contributed by atoms with E-state index in [1.807, 2.05) is 14.7 Å². The van der Waals surface area contributed by atoms with Crippen molar-refractivity contribution in [1.29, 1.82) is 0 Å². The van der Waals surface area contributed by atoms with Crippen molar-refractivity contribution in [2.24, 2.45) is 0 Å². The summed E-state index contributed by atoms with van der Waals surface area (Å²) in [6.45, 7) is 9.90. The summed E-state index contributed by atoms with van der Waals surface area (Å²) in [6.07, 6.45) is 15.0. The molecule has 0 aromatic carbocycles. The van der Waals surface area contributed by atoms with Crippen LogP contribution in [0.15, 0.2) is 24.8 Å². The van der Waals surface area contributed by atoms with E-state index in [9.17, 15) is 19.1 Å². The molecule has 0 spiro atoms. The molecule has 0 atom stereocenters. The number of carbonyl (C=O) groups excluding carboxylic acids is 2. The molecule has 6 aliphatic rings. The highest BCUT2D eigenvalue weighted by atomic mass is 35.5. The Morgan fingerprint density at radius 1 is 0.692 bits per heavy atom. The molecule has 15 nitrogen and oxygen atoms in total. The molecule has 8 rings (SSSR count). The van der Waals surface area contributed by atoms with E-state index < -0.39 is 5.82 Å². The van der Waals surface area contributed by atoms with Crippen LogP contribution in [-0.2, 0) is 0 Å². The van der Waals surface area contributed by atoms with Gasteiger partial charge in [0.2, 0.25) is 5.28 Å². The summed E-state index contributed by atoms with van der Waals surface area (Å²) in [5.74, 6) is 0.120. The van der Waals surface area contributed by atoms with Crippen LogP contribution in [0.3, 0.4) is 0 Å². The number of urea groups is 2. The van der Waals surface area contributed by atoms with Gasteiger partial charge in [0.15, 0.2) is 11.6 Å². The number of rotatable bonds is 5. The molecule has 0 unspecified atom stereocenters. The van der Waals surface area contributed by atoms with Gasteiger partial charge in [-0.15, -0.1) is 0 Å². The normalized spacial score (nSPS) is 22.2. The van der Waals surface area contributed by atoms with Crippen LogP contribution in [0.4, 0.5) is 14.0 Å². The lowest BCUT2D eigenvalue weighted by molar-refractivity contribution is 0.0151. The Morgan fingerprint density at radius 3 is 1.62 bits per heavy atom. The first kappa shape index (κ1) is 38.1. The van der Waals surface area contributed by atoms with Gasteiger partial charge >= 0.3 is 18.1 Å². The zero-order chi connectivity index (χ0) is 36.5. The number of likely N-dealkylation sites (tertiary alicyclic amines) is 2. The van der Waals surface area contributed by atoms with Crippen LogP contribution in [0.1, 0.15) is 51.4 Å². The maximum Gasteiger partial charge on any atom is 0.320 e. The van der Waals surface area contributed by atoms with Crippen LogP contribution in [0.2, 0.25) is 5.28 Å². The molecule has 2 aromatic rings. The molecule has 4 amide bonds. The summed E-state index contributed by atoms with van der Waals surface area (Å²) in [5, 5.41) is 9.32. The molecule has 0 bridgehead atoms. The monoisotopic (exact) mass is 746 g/mol. The predicted octanol–water partition coefficient (Wildman–Crippen LogP) is 2.84. The SMILES string of the molecule is COc1cnc(OC2CN(C(=O)N3CCCN(C4CCC4)CC3)C2)nc1.Fc1cnc(Cl)nc1.O=C(N1CCCN(C2CCC2)CC1)N1CC(O)C1. The van der Waals surface area contributed by atoms with Crippen LogP contribution >= 0.6 is 11.6 Å². The van der Waals surface area contributed by atoms with Crippen molar-refractivity contribution in [2.45, 2.75) is 75.7 Å². The smallest absolute Gasteiger partial charge is 0.320 e. The number of aliphatic hydroxyl groups is 1. The van der Waals surface area contributed by atoms with E-state index in [1.54, 1.807) is 24.4 Å². The third kappa shape index (κ3) is 10.3. The van der Waals surface area contributed by atoms with Crippen LogP contribution < -0.4 is 9.47 Å². The van der Waals surface area contributed by atoms with E-state index in [-0.39, 0.29) is 29.6 Å². The highest BCUT2D eigenvalue weighted by Gasteiger charge is 2.37. The molecule has 0 radical (unpaired) electrons. The lowest BCUT2D eigenvalue weighted by Gasteiger charge is -2.41. The Hall–Kier alpha value is -3.60. The van der Waals surface area contributed by atoms with Crippen molar-refractivity contribution in [1.82, 2.24) is 49.3 Å². The molecule has 4 aliphatic heterocycles. The van der Waals surface area contributed by atoms with Gasteiger partial charge in [0.25, 0.3) is 0 Å². The molecule has 2 aromatic heterocycles. The number of hydrogen-bond donors (Lipinski definition) is 1. The molecular weight excluding hydrogens is 695 g/mol. The Labute approximate surface area is 310 Å². The first-order chi connectivity index (χ1) is 25.2. The lowest BCUT2D eigenvalue weighted by atomic mass is 9.91. The van der Waals surface area contributed by atoms with E-state index in [4.69, 9.17) is 21.1 Å². The second-order valence-electron chi connectivity index (χ2n) is 14.3. The molecule has 2 aliphatic carbocycles. The Bertz CT molecular complexity index is 1410. The van der Waals surface area contributed by atoms with Gasteiger partial charge in [-0.2, -0.15) is 9.97 Å². The van der Waals surface area contributed by atoms with Crippen molar-refractivity contribution in [3.63, 3.8) is 0 Å². The number of ether oxygens (including phenoxy) is 2. The van der Waals surface area contributed by atoms with Gasteiger partial charge in [-0.3, -0.25) is 9.80 Å². The minimum Gasteiger partial charge on any atom is -0.494 e. The number of hydrogen-bond acceptors (Lipinski definition) is 11. The molecular formula is C35H52ClFN10O5. The van der Waals surface area contributed by atoms with E-state index in [0.29, 0.717) is 37.9 Å². The van der Waals surface area contributed by atoms with Gasteiger partial charge in [-0.05, 0) is 50.1 Å². The number of carbonyl (C=O) groups is 2. The van der Waals surface area contributed by atoms with Crippen molar-refractivity contribution in [2.75, 3.05) is 85.6 Å². The highest BCUT2D eigenvalue weighted by molar-refractivity contribution is 6.28. The van der Waals surface area contributed by atoms with Gasteiger partial charge < -0.3 is 34.2 Å². The van der Waals surface area contributed by atoms with Gasteiger partial charge in [0, 0.05) is 64.4 Å². The number of nitrogens with zero attached hydrogens (tertiary/aromatic N) is 10. The average Bonchev–Trinajstić information content (AvgIpc) is 3.47. The van der Waals surface area contributed by atoms with Crippen molar-refractivity contribution < 1.29 is 28.6 Å². The minimum atomic E-state index is -0.477. The number of aliphatic hydroxyl groups excluding tert-OH is 1. The number of halogens is 2. The van der Waals surface area contributed by atoms with E-state index in [0.717, 1.165) is 89.7 Å². The minimum absolute atomic E-state index is 0.0363. The van der Waals surface area contributed by atoms with Crippen molar-refractivity contribution >= 4 is 23.7 Å². The van der Waals surface area contributed by atoms with Crippen LogP contribution in [-0.4, -0.2) is 176 Å². The zero-order valence-electron chi connectivity index (χ0n) is 30.1. The summed E-state index contributed by atoms with van der Waals surface area (Å²) in [5.41, 5.74) is 0. The number of aromatic nitrogens is 4. The fourth-order valence-electron chi connectivity index (χ4n) is 7.09. The zero-order valence-corrected chi connectivity index (χ0v) is 30.8. The van der Waals surface area contributed by atoms with Gasteiger partial charge in [0.1, 0.15) is 6.10 Å². The summed E-state index contributed by atoms with van der Waals surface area (Å²) < 4.78 is 22.6. The second kappa shape index (κ2) is 18.4. The van der Waals surface area contributed by atoms with Crippen LogP contribution in [0.5, 0.6) is 11.8 Å². The topological polar surface area (TPSA) is 144 Å². The summed E-state index contributed by atoms with van der Waals surface area (Å²) in [7, 11) is 1.57. The van der Waals surface area contributed by atoms with Crippen LogP contribution in [0.25, 0.3) is 0 Å². The largest absolute Gasteiger partial charge is 0.494 e. The molecule has 6 heterocycles. The van der Waals surface area contributed by atoms with E-state index in [1.165, 1.54) is 38.5 Å². The predicted molar refractivity (Wildman–Crippen MR) is 191 cm³/mol. The highest BCUT2D eigenvalue weighted by Crippen LogP contribution is 2.27. The fourth-order valence-corrected chi connectivity index (χ4v) is 7.19. The van der Waals surface area contributed by atoms with Crippen molar-refractivity contribution in [3.8, 4) is 11.8 Å². The number of methoxy groups -OCH3 is 1. The van der Waals surface area contributed by atoms with Gasteiger partial charge in [-0.1, -0.05) is 12.8 Å². The molecule has 2 saturated carbocycles. The Morgan fingerprint density at radius 2 is 1.19 bits per heavy atom. The number of β-amino-alcohol motifs (C(OH)–C–C–N with tert-alkyl or cyclic N) is 1. The first-order valence-corrected chi connectivity index (χ1v) is 19.0. The standard InChI is InChI=1S/C18H27N5O3.C13H23N3O2.C4H2ClFN2/c1-25-15-10-19-17(20-11-15)26-16-12-23(13-16)18(24)22-7-3-6-21(8-9-22)14-4-2-5-14;17-12-9-16(10-12)13(18)15-6-2-5-14(7-8-15)11-3-1-4-11;5-4-7-1-3(6)2-8-4/h10-11,14,16H,2-9,12-13H2,1H3;11-12,17H,1-10H2;1-2H. The molecule has 17 heteroatoms. The third-order valence-corrected chi connectivity index (χ3v) is 10.9. The summed E-state index contributed by atoms with van der Waals surface area (Å²) in [4.78, 5) is 52.5. The molecule has 52 heavy (non-hydrogen) atoms. The van der Waals surface area contributed by atoms with Crippen molar-refractivity contribution in [3.05, 3.63) is 35.9 Å². The lowest BCUT2D eigenvalue weighted by Crippen LogP contribution is -2.60. The Balaban J connectivity index is 0.000000154. The average molecular weight is 747 g/mol. The fraction of sp³-hybridized carbons (Fsp3) is 0.714. The number of amides is 4. The molecule has 6 fully saturated rings. The summed E-state index contributed by atoms with van der Waals surface area (Å²) in [6, 6.07) is 2.13. The summed E-state index contributed by atoms with van der Waals surface area (Å²) >= 11 is 5.22.